The molecule has 0 aliphatic carbocycles. The van der Waals surface area contributed by atoms with Crippen molar-refractivity contribution in [1.29, 1.82) is 0 Å². The van der Waals surface area contributed by atoms with Crippen molar-refractivity contribution in [2.24, 2.45) is 5.41 Å². The van der Waals surface area contributed by atoms with Crippen molar-refractivity contribution in [3.8, 4) is 22.6 Å². The second-order valence-corrected chi connectivity index (χ2v) is 10.7. The standard InChI is InChI=1S/C30H34N6O2/c1-21-5-4-6-26(35-21)28-27(33-20-34-28)22-7-8-25-23(15-22)16-24(17-32-25)29(37)38-14-3-2-11-36-12-9-30(10-13-36)18-31-19-30/h4-8,15-17,20,31H,2-3,9-14,18-19H2,1H3,(H,33,34). The summed E-state index contributed by atoms with van der Waals surface area (Å²) in [5, 5.41) is 4.29. The Morgan fingerprint density at radius 2 is 1.95 bits per heavy atom. The Bertz CT molecular complexity index is 1430. The third-order valence-corrected chi connectivity index (χ3v) is 7.99. The molecule has 0 radical (unpaired) electrons. The number of piperidine rings is 1. The molecule has 0 amide bonds. The summed E-state index contributed by atoms with van der Waals surface area (Å²) in [6.45, 7) is 8.24. The molecule has 6 rings (SSSR count). The summed E-state index contributed by atoms with van der Waals surface area (Å²) in [6, 6.07) is 13.7. The predicted octanol–water partition coefficient (Wildman–Crippen LogP) is 4.62. The lowest BCUT2D eigenvalue weighted by Gasteiger charge is -2.48. The van der Waals surface area contributed by atoms with Crippen molar-refractivity contribution >= 4 is 16.9 Å². The molecule has 2 fully saturated rings. The molecule has 2 aliphatic rings. The van der Waals surface area contributed by atoms with E-state index in [9.17, 15) is 4.79 Å². The molecule has 0 atom stereocenters. The molecule has 8 heteroatoms. The van der Waals surface area contributed by atoms with E-state index in [1.165, 1.54) is 39.0 Å². The van der Waals surface area contributed by atoms with Gasteiger partial charge in [-0.05, 0) is 88.0 Å². The Morgan fingerprint density at radius 1 is 1.08 bits per heavy atom. The molecule has 196 valence electrons. The van der Waals surface area contributed by atoms with Gasteiger partial charge in [-0.3, -0.25) is 9.97 Å². The van der Waals surface area contributed by atoms with Crippen molar-refractivity contribution in [2.45, 2.75) is 32.6 Å². The van der Waals surface area contributed by atoms with E-state index in [0.29, 0.717) is 17.6 Å². The first kappa shape index (κ1) is 24.7. The van der Waals surface area contributed by atoms with Crippen LogP contribution in [-0.2, 0) is 4.74 Å². The van der Waals surface area contributed by atoms with Crippen molar-refractivity contribution in [1.82, 2.24) is 30.2 Å². The van der Waals surface area contributed by atoms with Crippen molar-refractivity contribution in [3.63, 3.8) is 0 Å². The summed E-state index contributed by atoms with van der Waals surface area (Å²) in [5.74, 6) is -0.327. The van der Waals surface area contributed by atoms with Gasteiger partial charge in [0, 0.05) is 35.9 Å². The lowest BCUT2D eigenvalue weighted by molar-refractivity contribution is 0.0457. The van der Waals surface area contributed by atoms with Gasteiger partial charge in [0.25, 0.3) is 0 Å². The average Bonchev–Trinajstić information content (AvgIpc) is 3.42. The fourth-order valence-corrected chi connectivity index (χ4v) is 5.55. The summed E-state index contributed by atoms with van der Waals surface area (Å²) in [6.07, 6.45) is 7.79. The minimum absolute atomic E-state index is 0.327. The maximum Gasteiger partial charge on any atom is 0.339 e. The minimum Gasteiger partial charge on any atom is -0.462 e. The maximum absolute atomic E-state index is 12.7. The van der Waals surface area contributed by atoms with E-state index < -0.39 is 0 Å². The van der Waals surface area contributed by atoms with E-state index in [4.69, 9.17) is 4.74 Å². The molecule has 1 spiro atoms. The number of hydrogen-bond acceptors (Lipinski definition) is 7. The largest absolute Gasteiger partial charge is 0.462 e. The second-order valence-electron chi connectivity index (χ2n) is 10.7. The van der Waals surface area contributed by atoms with E-state index in [1.807, 2.05) is 49.4 Å². The van der Waals surface area contributed by atoms with Crippen LogP contribution in [-0.4, -0.2) is 70.1 Å². The Morgan fingerprint density at radius 3 is 2.74 bits per heavy atom. The molecular formula is C30H34N6O2. The fourth-order valence-electron chi connectivity index (χ4n) is 5.55. The smallest absolute Gasteiger partial charge is 0.339 e. The number of nitrogens with zero attached hydrogens (tertiary/aromatic N) is 4. The third kappa shape index (κ3) is 5.19. The lowest BCUT2D eigenvalue weighted by atomic mass is 9.73. The van der Waals surface area contributed by atoms with Gasteiger partial charge in [-0.25, -0.2) is 9.78 Å². The molecule has 2 aliphatic heterocycles. The molecule has 3 aromatic heterocycles. The van der Waals surface area contributed by atoms with Gasteiger partial charge >= 0.3 is 5.97 Å². The summed E-state index contributed by atoms with van der Waals surface area (Å²) in [4.78, 5) is 32.2. The molecule has 5 heterocycles. The Balaban J connectivity index is 1.06. The Labute approximate surface area is 222 Å². The molecule has 0 saturated carbocycles. The van der Waals surface area contributed by atoms with Crippen LogP contribution in [0.4, 0.5) is 0 Å². The van der Waals surface area contributed by atoms with Crippen LogP contribution in [0.15, 0.2) is 55.0 Å². The number of rotatable bonds is 8. The zero-order valence-corrected chi connectivity index (χ0v) is 21.9. The zero-order valence-electron chi connectivity index (χ0n) is 21.9. The van der Waals surface area contributed by atoms with Crippen LogP contribution in [0, 0.1) is 12.3 Å². The highest BCUT2D eigenvalue weighted by Crippen LogP contribution is 2.35. The number of aromatic amines is 1. The van der Waals surface area contributed by atoms with E-state index in [1.54, 1.807) is 12.5 Å². The molecule has 2 saturated heterocycles. The first-order valence-electron chi connectivity index (χ1n) is 13.6. The van der Waals surface area contributed by atoms with Gasteiger partial charge < -0.3 is 19.9 Å². The number of pyridine rings is 2. The normalized spacial score (nSPS) is 17.0. The number of hydrogen-bond donors (Lipinski definition) is 2. The van der Waals surface area contributed by atoms with Gasteiger partial charge in [-0.1, -0.05) is 12.1 Å². The first-order valence-corrected chi connectivity index (χ1v) is 13.6. The van der Waals surface area contributed by atoms with Gasteiger partial charge in [0.15, 0.2) is 0 Å². The van der Waals surface area contributed by atoms with Crippen LogP contribution in [0.25, 0.3) is 33.5 Å². The Kier molecular flexibility index (Phi) is 6.91. The summed E-state index contributed by atoms with van der Waals surface area (Å²) in [5.41, 5.74) is 6.26. The molecule has 4 aromatic rings. The zero-order chi connectivity index (χ0) is 26.0. The van der Waals surface area contributed by atoms with Crippen LogP contribution in [0.2, 0.25) is 0 Å². The number of unbranched alkanes of at least 4 members (excludes halogenated alkanes) is 1. The minimum atomic E-state index is -0.327. The van der Waals surface area contributed by atoms with Crippen molar-refractivity contribution in [3.05, 3.63) is 66.2 Å². The predicted molar refractivity (Wildman–Crippen MR) is 148 cm³/mol. The quantitative estimate of drug-likeness (QED) is 0.264. The molecule has 38 heavy (non-hydrogen) atoms. The number of likely N-dealkylation sites (tertiary alicyclic amines) is 1. The number of H-pyrrole nitrogens is 1. The highest BCUT2D eigenvalue weighted by atomic mass is 16.5. The van der Waals surface area contributed by atoms with Crippen molar-refractivity contribution < 1.29 is 9.53 Å². The van der Waals surface area contributed by atoms with Gasteiger partial charge in [0.1, 0.15) is 0 Å². The number of carbonyl (C=O) groups excluding carboxylic acids is 1. The number of esters is 1. The monoisotopic (exact) mass is 510 g/mol. The van der Waals surface area contributed by atoms with Gasteiger partial charge in [0.2, 0.25) is 0 Å². The van der Waals surface area contributed by atoms with E-state index >= 15 is 0 Å². The maximum atomic E-state index is 12.7. The molecule has 1 aromatic carbocycles. The highest BCUT2D eigenvalue weighted by Gasteiger charge is 2.39. The molecule has 0 bridgehead atoms. The van der Waals surface area contributed by atoms with E-state index in [-0.39, 0.29) is 5.97 Å². The summed E-state index contributed by atoms with van der Waals surface area (Å²) < 4.78 is 5.59. The first-order chi connectivity index (χ1) is 18.6. The van der Waals surface area contributed by atoms with Gasteiger partial charge in [-0.2, -0.15) is 0 Å². The van der Waals surface area contributed by atoms with Crippen LogP contribution >= 0.6 is 0 Å². The number of benzene rings is 1. The number of ether oxygens (including phenoxy) is 1. The van der Waals surface area contributed by atoms with Crippen LogP contribution < -0.4 is 5.32 Å². The van der Waals surface area contributed by atoms with Gasteiger partial charge in [-0.15, -0.1) is 0 Å². The van der Waals surface area contributed by atoms with Crippen LogP contribution in [0.1, 0.15) is 41.7 Å². The molecule has 2 N–H and O–H groups in total. The number of carbonyl (C=O) groups is 1. The van der Waals surface area contributed by atoms with Crippen molar-refractivity contribution in [2.75, 3.05) is 39.3 Å². The van der Waals surface area contributed by atoms with E-state index in [2.05, 4.69) is 30.2 Å². The fraction of sp³-hybridized carbons (Fsp3) is 0.400. The Hall–Kier alpha value is -3.62. The number of aromatic nitrogens is 4. The molecule has 0 unspecified atom stereocenters. The van der Waals surface area contributed by atoms with Gasteiger partial charge in [0.05, 0.1) is 41.1 Å². The summed E-state index contributed by atoms with van der Waals surface area (Å²) in [7, 11) is 0. The SMILES string of the molecule is Cc1cccc(-c2[nH]cnc2-c2ccc3ncc(C(=O)OCCCCN4CCC5(CC4)CNC5)cc3c2)n1. The highest BCUT2D eigenvalue weighted by molar-refractivity contribution is 5.95. The van der Waals surface area contributed by atoms with Crippen LogP contribution in [0.5, 0.6) is 0 Å². The second kappa shape index (κ2) is 10.6. The molecular weight excluding hydrogens is 476 g/mol. The number of fused-ring (bicyclic) bond motifs is 1. The number of imidazole rings is 1. The average molecular weight is 511 g/mol. The summed E-state index contributed by atoms with van der Waals surface area (Å²) >= 11 is 0. The number of aryl methyl sites for hydroxylation is 1. The lowest BCUT2D eigenvalue weighted by Crippen LogP contribution is -2.58. The third-order valence-electron chi connectivity index (χ3n) is 7.99. The van der Waals surface area contributed by atoms with Crippen LogP contribution in [0.3, 0.4) is 0 Å². The molecule has 8 nitrogen and oxygen atoms in total. The number of nitrogens with one attached hydrogen (secondary N) is 2. The topological polar surface area (TPSA) is 96.0 Å². The van der Waals surface area contributed by atoms with E-state index in [0.717, 1.165) is 58.6 Å².